The van der Waals surface area contributed by atoms with Gasteiger partial charge in [0.1, 0.15) is 0 Å². The number of likely N-dealkylation sites (tertiary alicyclic amines) is 1. The SMILES string of the molecule is CSC1CC(=O)N(CC2CCC(C(=O)OCOC(=O)C(C)(C)C)CC2)C1=O. The van der Waals surface area contributed by atoms with Crippen LogP contribution in [0.4, 0.5) is 0 Å². The molecule has 0 spiro atoms. The lowest BCUT2D eigenvalue weighted by atomic mass is 9.82. The standard InChI is InChI=1S/C19H29NO6S/c1-19(2,3)18(24)26-11-25-17(23)13-7-5-12(6-8-13)10-20-15(21)9-14(27-4)16(20)22/h12-14H,5-11H2,1-4H3. The third-order valence-electron chi connectivity index (χ3n) is 5.11. The zero-order chi connectivity index (χ0) is 20.2. The van der Waals surface area contributed by atoms with Gasteiger partial charge in [-0.25, -0.2) is 0 Å². The molecule has 152 valence electrons. The van der Waals surface area contributed by atoms with E-state index in [-0.39, 0.29) is 48.1 Å². The Morgan fingerprint density at radius 3 is 2.26 bits per heavy atom. The molecule has 1 unspecified atom stereocenters. The molecule has 0 aromatic rings. The molecule has 2 rings (SSSR count). The Bertz CT molecular complexity index is 591. The van der Waals surface area contributed by atoms with E-state index in [1.807, 2.05) is 6.26 Å². The first-order chi connectivity index (χ1) is 12.6. The molecular weight excluding hydrogens is 370 g/mol. The first-order valence-electron chi connectivity index (χ1n) is 9.34. The number of ether oxygens (including phenoxy) is 2. The molecule has 2 aliphatic rings. The smallest absolute Gasteiger partial charge is 0.314 e. The summed E-state index contributed by atoms with van der Waals surface area (Å²) in [6.45, 7) is 5.28. The molecule has 0 aromatic carbocycles. The molecule has 27 heavy (non-hydrogen) atoms. The summed E-state index contributed by atoms with van der Waals surface area (Å²) in [5.74, 6) is -0.954. The Kier molecular flexibility index (Phi) is 7.31. The summed E-state index contributed by atoms with van der Waals surface area (Å²) in [7, 11) is 0. The molecule has 2 amide bonds. The van der Waals surface area contributed by atoms with Crippen LogP contribution >= 0.6 is 11.8 Å². The van der Waals surface area contributed by atoms with Crippen LogP contribution in [0, 0.1) is 17.3 Å². The molecule has 7 nitrogen and oxygen atoms in total. The molecule has 0 N–H and O–H groups in total. The largest absolute Gasteiger partial charge is 0.428 e. The second-order valence-electron chi connectivity index (χ2n) is 8.25. The predicted molar refractivity (Wildman–Crippen MR) is 101 cm³/mol. The molecule has 0 radical (unpaired) electrons. The quantitative estimate of drug-likeness (QED) is 0.385. The van der Waals surface area contributed by atoms with Gasteiger partial charge in [0.05, 0.1) is 16.6 Å². The molecule has 0 bridgehead atoms. The summed E-state index contributed by atoms with van der Waals surface area (Å²) in [5, 5.41) is -0.250. The number of esters is 2. The van der Waals surface area contributed by atoms with E-state index in [0.717, 1.165) is 12.8 Å². The Hall–Kier alpha value is -1.57. The average molecular weight is 400 g/mol. The Morgan fingerprint density at radius 1 is 1.11 bits per heavy atom. The van der Waals surface area contributed by atoms with E-state index in [1.165, 1.54) is 16.7 Å². The van der Waals surface area contributed by atoms with Crippen molar-refractivity contribution in [2.75, 3.05) is 19.6 Å². The summed E-state index contributed by atoms with van der Waals surface area (Å²) < 4.78 is 10.0. The molecule has 0 aromatic heterocycles. The van der Waals surface area contributed by atoms with E-state index in [0.29, 0.717) is 19.4 Å². The third kappa shape index (κ3) is 5.70. The minimum atomic E-state index is -0.635. The number of hydrogen-bond acceptors (Lipinski definition) is 7. The molecule has 1 saturated carbocycles. The summed E-state index contributed by atoms with van der Waals surface area (Å²) >= 11 is 1.42. The summed E-state index contributed by atoms with van der Waals surface area (Å²) in [6.07, 6.45) is 4.97. The highest BCUT2D eigenvalue weighted by atomic mass is 32.2. The van der Waals surface area contributed by atoms with Crippen molar-refractivity contribution in [2.24, 2.45) is 17.3 Å². The highest BCUT2D eigenvalue weighted by molar-refractivity contribution is 8.00. The van der Waals surface area contributed by atoms with Crippen LogP contribution in [0.25, 0.3) is 0 Å². The fourth-order valence-electron chi connectivity index (χ4n) is 3.34. The molecule has 8 heteroatoms. The second kappa shape index (κ2) is 9.08. The Balaban J connectivity index is 1.72. The van der Waals surface area contributed by atoms with E-state index in [9.17, 15) is 19.2 Å². The van der Waals surface area contributed by atoms with E-state index in [1.54, 1.807) is 20.8 Å². The van der Waals surface area contributed by atoms with Crippen LogP contribution in [0.1, 0.15) is 52.9 Å². The van der Waals surface area contributed by atoms with Gasteiger partial charge in [0, 0.05) is 13.0 Å². The van der Waals surface area contributed by atoms with E-state index in [2.05, 4.69) is 0 Å². The van der Waals surface area contributed by atoms with E-state index >= 15 is 0 Å². The van der Waals surface area contributed by atoms with Crippen LogP contribution in [0.2, 0.25) is 0 Å². The second-order valence-corrected chi connectivity index (χ2v) is 9.29. The van der Waals surface area contributed by atoms with Crippen molar-refractivity contribution < 1.29 is 28.7 Å². The number of carbonyl (C=O) groups excluding carboxylic acids is 4. The van der Waals surface area contributed by atoms with Gasteiger partial charge in [0.15, 0.2) is 0 Å². The van der Waals surface area contributed by atoms with Gasteiger partial charge >= 0.3 is 11.9 Å². The molecule has 1 atom stereocenters. The molecule has 1 saturated heterocycles. The van der Waals surface area contributed by atoms with Gasteiger partial charge in [-0.1, -0.05) is 0 Å². The third-order valence-corrected chi connectivity index (χ3v) is 6.05. The number of thioether (sulfide) groups is 1. The van der Waals surface area contributed by atoms with Gasteiger partial charge < -0.3 is 9.47 Å². The van der Waals surface area contributed by atoms with E-state index < -0.39 is 11.4 Å². The van der Waals surface area contributed by atoms with Crippen molar-refractivity contribution in [3.63, 3.8) is 0 Å². The predicted octanol–water partition coefficient (Wildman–Crippen LogP) is 2.37. The van der Waals surface area contributed by atoms with Crippen LogP contribution < -0.4 is 0 Å². The van der Waals surface area contributed by atoms with Crippen LogP contribution in [-0.4, -0.2) is 53.5 Å². The number of hydrogen-bond donors (Lipinski definition) is 0. The zero-order valence-corrected chi connectivity index (χ0v) is 17.3. The summed E-state index contributed by atoms with van der Waals surface area (Å²) in [4.78, 5) is 49.4. The maximum absolute atomic E-state index is 12.2. The average Bonchev–Trinajstić information content (AvgIpc) is 2.88. The lowest BCUT2D eigenvalue weighted by molar-refractivity contribution is -0.176. The Morgan fingerprint density at radius 2 is 1.74 bits per heavy atom. The van der Waals surface area contributed by atoms with E-state index in [4.69, 9.17) is 9.47 Å². The molecule has 1 aliphatic carbocycles. The van der Waals surface area contributed by atoms with Crippen LogP contribution in [0.3, 0.4) is 0 Å². The van der Waals surface area contributed by atoms with Crippen molar-refractivity contribution in [2.45, 2.75) is 58.1 Å². The van der Waals surface area contributed by atoms with Crippen molar-refractivity contribution in [3.8, 4) is 0 Å². The molecular formula is C19H29NO6S. The number of carbonyl (C=O) groups is 4. The fourth-order valence-corrected chi connectivity index (χ4v) is 3.98. The topological polar surface area (TPSA) is 90.0 Å². The first kappa shape index (κ1) is 21.7. The zero-order valence-electron chi connectivity index (χ0n) is 16.5. The first-order valence-corrected chi connectivity index (χ1v) is 10.6. The minimum absolute atomic E-state index is 0.0882. The molecule has 1 aliphatic heterocycles. The summed E-state index contributed by atoms with van der Waals surface area (Å²) in [5.41, 5.74) is -0.635. The maximum Gasteiger partial charge on any atom is 0.314 e. The van der Waals surface area contributed by atoms with Crippen LogP contribution in [0.15, 0.2) is 0 Å². The number of amides is 2. The van der Waals surface area contributed by atoms with Crippen molar-refractivity contribution in [3.05, 3.63) is 0 Å². The van der Waals surface area contributed by atoms with Gasteiger partial charge in [-0.3, -0.25) is 24.1 Å². The normalized spacial score (nSPS) is 26.2. The van der Waals surface area contributed by atoms with Gasteiger partial charge in [0.25, 0.3) is 0 Å². The molecule has 2 fully saturated rings. The van der Waals surface area contributed by atoms with Gasteiger partial charge in [0.2, 0.25) is 18.6 Å². The van der Waals surface area contributed by atoms with Gasteiger partial charge in [-0.05, 0) is 58.6 Å². The number of rotatable bonds is 6. The fraction of sp³-hybridized carbons (Fsp3) is 0.789. The van der Waals surface area contributed by atoms with Crippen molar-refractivity contribution in [1.29, 1.82) is 0 Å². The van der Waals surface area contributed by atoms with Crippen LogP contribution in [0.5, 0.6) is 0 Å². The van der Waals surface area contributed by atoms with Gasteiger partial charge in [-0.15, -0.1) is 0 Å². The molecule has 1 heterocycles. The van der Waals surface area contributed by atoms with Gasteiger partial charge in [-0.2, -0.15) is 11.8 Å². The highest BCUT2D eigenvalue weighted by Gasteiger charge is 2.39. The lowest BCUT2D eigenvalue weighted by Crippen LogP contribution is -2.37. The van der Waals surface area contributed by atoms with Crippen molar-refractivity contribution in [1.82, 2.24) is 4.90 Å². The highest BCUT2D eigenvalue weighted by Crippen LogP contribution is 2.32. The number of nitrogens with zero attached hydrogens (tertiary/aromatic N) is 1. The maximum atomic E-state index is 12.2. The lowest BCUT2D eigenvalue weighted by Gasteiger charge is -2.29. The summed E-state index contributed by atoms with van der Waals surface area (Å²) in [6, 6.07) is 0. The van der Waals surface area contributed by atoms with Crippen LogP contribution in [-0.2, 0) is 28.7 Å². The Labute approximate surface area is 164 Å². The minimum Gasteiger partial charge on any atom is -0.428 e. The number of imide groups is 1. The monoisotopic (exact) mass is 399 g/mol. The van der Waals surface area contributed by atoms with Crippen molar-refractivity contribution >= 4 is 35.5 Å².